The van der Waals surface area contributed by atoms with E-state index in [4.69, 9.17) is 9.72 Å². The fraction of sp³-hybridized carbons (Fsp3) is 0.417. The molecule has 0 spiro atoms. The van der Waals surface area contributed by atoms with Crippen LogP contribution in [0.4, 0.5) is 0 Å². The zero-order valence-corrected chi connectivity index (χ0v) is 18.3. The third-order valence-electron chi connectivity index (χ3n) is 6.48. The molecule has 0 radical (unpaired) electrons. The number of likely N-dealkylation sites (tertiary alicyclic amines) is 1. The number of methoxy groups -OCH3 is 1. The van der Waals surface area contributed by atoms with Crippen LogP contribution in [-0.4, -0.2) is 38.6 Å². The van der Waals surface area contributed by atoms with Gasteiger partial charge in [0, 0.05) is 32.4 Å². The number of fused-ring (bicyclic) bond motifs is 1. The topological polar surface area (TPSA) is 86.4 Å². The van der Waals surface area contributed by atoms with Crippen molar-refractivity contribution in [2.45, 2.75) is 38.3 Å². The van der Waals surface area contributed by atoms with Gasteiger partial charge in [0.2, 0.25) is 0 Å². The summed E-state index contributed by atoms with van der Waals surface area (Å²) in [5, 5.41) is 0.604. The van der Waals surface area contributed by atoms with Crippen molar-refractivity contribution in [3.05, 3.63) is 68.6 Å². The van der Waals surface area contributed by atoms with Crippen LogP contribution in [0.5, 0.6) is 5.75 Å². The van der Waals surface area contributed by atoms with Crippen LogP contribution in [0.25, 0.3) is 10.9 Å². The quantitative estimate of drug-likeness (QED) is 0.616. The molecule has 1 unspecified atom stereocenters. The molecule has 2 aromatic heterocycles. The lowest BCUT2D eigenvalue weighted by atomic mass is 10.1. The molecular formula is C24H26N4O4. The molecule has 1 aromatic carbocycles. The van der Waals surface area contributed by atoms with Crippen LogP contribution in [-0.2, 0) is 13.6 Å². The van der Waals surface area contributed by atoms with Crippen molar-refractivity contribution >= 4 is 16.8 Å². The average Bonchev–Trinajstić information content (AvgIpc) is 3.49. The van der Waals surface area contributed by atoms with Crippen LogP contribution in [0.1, 0.15) is 47.9 Å². The smallest absolute Gasteiger partial charge is 0.261 e. The Balaban J connectivity index is 1.61. The highest BCUT2D eigenvalue weighted by atomic mass is 16.5. The Hall–Kier alpha value is -3.42. The number of aromatic nitrogens is 3. The standard InChI is InChI=1S/C24H26N4O4/c1-26-14-17(20(32-2)12-21(26)29)24(31)27-11-5-8-19(27)22-25-18-7-4-3-6-16(18)23(30)28(22)13-15-9-10-15/h3-4,6-7,12,14-15,19H,5,8-11,13H2,1-2H3. The van der Waals surface area contributed by atoms with Crippen molar-refractivity contribution in [1.82, 2.24) is 19.0 Å². The molecule has 166 valence electrons. The number of carbonyl (C=O) groups is 1. The summed E-state index contributed by atoms with van der Waals surface area (Å²) >= 11 is 0. The van der Waals surface area contributed by atoms with Crippen molar-refractivity contribution in [1.29, 1.82) is 0 Å². The molecular weight excluding hydrogens is 408 g/mol. The largest absolute Gasteiger partial charge is 0.496 e. The number of carbonyl (C=O) groups excluding carboxylic acids is 1. The number of hydrogen-bond donors (Lipinski definition) is 0. The summed E-state index contributed by atoms with van der Waals surface area (Å²) < 4.78 is 8.49. The summed E-state index contributed by atoms with van der Waals surface area (Å²) in [5.74, 6) is 1.17. The number of amides is 1. The van der Waals surface area contributed by atoms with Crippen LogP contribution >= 0.6 is 0 Å². The van der Waals surface area contributed by atoms with E-state index < -0.39 is 0 Å². The van der Waals surface area contributed by atoms with Crippen molar-refractivity contribution < 1.29 is 9.53 Å². The van der Waals surface area contributed by atoms with Gasteiger partial charge in [0.15, 0.2) is 0 Å². The molecule has 1 saturated carbocycles. The van der Waals surface area contributed by atoms with Gasteiger partial charge in [-0.3, -0.25) is 19.0 Å². The number of nitrogens with zero attached hydrogens (tertiary/aromatic N) is 4. The first-order chi connectivity index (χ1) is 15.5. The van der Waals surface area contributed by atoms with Gasteiger partial charge in [0.1, 0.15) is 11.6 Å². The lowest BCUT2D eigenvalue weighted by Gasteiger charge is -2.27. The van der Waals surface area contributed by atoms with Gasteiger partial charge in [-0.05, 0) is 43.7 Å². The maximum absolute atomic E-state index is 13.6. The third-order valence-corrected chi connectivity index (χ3v) is 6.48. The number of pyridine rings is 1. The minimum absolute atomic E-state index is 0.0449. The van der Waals surface area contributed by atoms with E-state index in [9.17, 15) is 14.4 Å². The molecule has 0 N–H and O–H groups in total. The van der Waals surface area contributed by atoms with Gasteiger partial charge >= 0.3 is 0 Å². The molecule has 1 aliphatic heterocycles. The van der Waals surface area contributed by atoms with Crippen molar-refractivity contribution in [2.24, 2.45) is 13.0 Å². The van der Waals surface area contributed by atoms with Gasteiger partial charge in [-0.15, -0.1) is 0 Å². The number of benzene rings is 1. The van der Waals surface area contributed by atoms with Crippen LogP contribution in [0, 0.1) is 5.92 Å². The van der Waals surface area contributed by atoms with E-state index in [1.807, 2.05) is 24.3 Å². The van der Waals surface area contributed by atoms with E-state index >= 15 is 0 Å². The Labute approximate surface area is 185 Å². The first-order valence-electron chi connectivity index (χ1n) is 11.0. The van der Waals surface area contributed by atoms with E-state index in [-0.39, 0.29) is 28.8 Å². The number of ether oxygens (including phenoxy) is 1. The molecule has 2 aliphatic rings. The Morgan fingerprint density at radius 2 is 1.97 bits per heavy atom. The molecule has 2 fully saturated rings. The number of rotatable bonds is 5. The van der Waals surface area contributed by atoms with Crippen LogP contribution in [0.2, 0.25) is 0 Å². The first kappa shape index (κ1) is 20.5. The summed E-state index contributed by atoms with van der Waals surface area (Å²) in [4.78, 5) is 45.6. The van der Waals surface area contributed by atoms with Gasteiger partial charge in [-0.1, -0.05) is 12.1 Å². The Morgan fingerprint density at radius 1 is 1.19 bits per heavy atom. The average molecular weight is 434 g/mol. The second-order valence-electron chi connectivity index (χ2n) is 8.71. The second-order valence-corrected chi connectivity index (χ2v) is 8.71. The van der Waals surface area contributed by atoms with E-state index in [1.165, 1.54) is 23.9 Å². The van der Waals surface area contributed by atoms with Gasteiger partial charge in [-0.25, -0.2) is 4.98 Å². The first-order valence-corrected chi connectivity index (χ1v) is 11.0. The Kier molecular flexibility index (Phi) is 5.07. The molecule has 1 aliphatic carbocycles. The number of aryl methyl sites for hydroxylation is 1. The van der Waals surface area contributed by atoms with E-state index in [1.54, 1.807) is 16.5 Å². The van der Waals surface area contributed by atoms with Crippen molar-refractivity contribution in [3.8, 4) is 5.75 Å². The normalized spacial score (nSPS) is 18.3. The lowest BCUT2D eigenvalue weighted by molar-refractivity contribution is 0.0722. The van der Waals surface area contributed by atoms with Crippen LogP contribution in [0.15, 0.2) is 46.1 Å². The fourth-order valence-electron chi connectivity index (χ4n) is 4.55. The predicted molar refractivity (Wildman–Crippen MR) is 120 cm³/mol. The highest BCUT2D eigenvalue weighted by molar-refractivity contribution is 5.97. The van der Waals surface area contributed by atoms with E-state index in [2.05, 4.69) is 0 Å². The predicted octanol–water partition coefficient (Wildman–Crippen LogP) is 2.49. The molecule has 3 heterocycles. The summed E-state index contributed by atoms with van der Waals surface area (Å²) in [6, 6.07) is 8.40. The van der Waals surface area contributed by atoms with Gasteiger partial charge in [-0.2, -0.15) is 0 Å². The summed E-state index contributed by atoms with van der Waals surface area (Å²) in [7, 11) is 3.06. The van der Waals surface area contributed by atoms with Crippen LogP contribution < -0.4 is 15.9 Å². The minimum Gasteiger partial charge on any atom is -0.496 e. The zero-order valence-electron chi connectivity index (χ0n) is 18.3. The lowest BCUT2D eigenvalue weighted by Crippen LogP contribution is -2.36. The molecule has 3 aromatic rings. The molecule has 8 nitrogen and oxygen atoms in total. The molecule has 1 atom stereocenters. The van der Waals surface area contributed by atoms with Gasteiger partial charge < -0.3 is 14.2 Å². The van der Waals surface area contributed by atoms with Crippen LogP contribution in [0.3, 0.4) is 0 Å². The Bertz CT molecular complexity index is 1320. The SMILES string of the molecule is COc1cc(=O)n(C)cc1C(=O)N1CCCC1c1nc2ccccc2c(=O)n1CC1CC1. The zero-order chi connectivity index (χ0) is 22.4. The van der Waals surface area contributed by atoms with E-state index in [0.717, 1.165) is 25.7 Å². The molecule has 8 heteroatoms. The molecule has 32 heavy (non-hydrogen) atoms. The molecule has 5 rings (SSSR count). The summed E-state index contributed by atoms with van der Waals surface area (Å²) in [5.41, 5.74) is 0.694. The van der Waals surface area contributed by atoms with Crippen molar-refractivity contribution in [2.75, 3.05) is 13.7 Å². The molecule has 0 bridgehead atoms. The monoisotopic (exact) mass is 434 g/mol. The minimum atomic E-state index is -0.305. The summed E-state index contributed by atoms with van der Waals surface area (Å²) in [6.07, 6.45) is 5.29. The molecule has 1 amide bonds. The van der Waals surface area contributed by atoms with E-state index in [0.29, 0.717) is 41.3 Å². The van der Waals surface area contributed by atoms with Gasteiger partial charge in [0.05, 0.1) is 29.6 Å². The number of para-hydroxylation sites is 1. The maximum atomic E-state index is 13.6. The third kappa shape index (κ3) is 3.49. The highest BCUT2D eigenvalue weighted by Gasteiger charge is 2.36. The summed E-state index contributed by atoms with van der Waals surface area (Å²) in [6.45, 7) is 1.19. The fourth-order valence-corrected chi connectivity index (χ4v) is 4.55. The van der Waals surface area contributed by atoms with Crippen molar-refractivity contribution in [3.63, 3.8) is 0 Å². The highest BCUT2D eigenvalue weighted by Crippen LogP contribution is 2.36. The Morgan fingerprint density at radius 3 is 2.72 bits per heavy atom. The maximum Gasteiger partial charge on any atom is 0.261 e. The van der Waals surface area contributed by atoms with Gasteiger partial charge in [0.25, 0.3) is 17.0 Å². The molecule has 1 saturated heterocycles. The number of hydrogen-bond acceptors (Lipinski definition) is 5. The second kappa shape index (κ2) is 7.93.